The zero-order chi connectivity index (χ0) is 64.9. The average molecular weight is 1270 g/mol. The first-order chi connectivity index (χ1) is 41.0. The van der Waals surface area contributed by atoms with Gasteiger partial charge >= 0.3 is 11.9 Å². The Morgan fingerprint density at radius 3 is 1.70 bits per heavy atom. The number of carbonyl (C=O) groups is 2. The molecule has 29 heteroatoms. The molecule has 5 saturated heterocycles. The number of carbonyl (C=O) groups excluding carboxylic acids is 1. The summed E-state index contributed by atoms with van der Waals surface area (Å²) in [4.78, 5) is 28.8. The van der Waals surface area contributed by atoms with E-state index in [1.807, 2.05) is 0 Å². The maximum Gasteiger partial charge on any atom is 0.341 e. The fourth-order valence-electron chi connectivity index (χ4n) is 17.1. The molecule has 4 saturated carbocycles. The van der Waals surface area contributed by atoms with Gasteiger partial charge in [0.1, 0.15) is 104 Å². The van der Waals surface area contributed by atoms with Crippen LogP contribution in [0, 0.1) is 45.3 Å². The van der Waals surface area contributed by atoms with Crippen LogP contribution in [0.1, 0.15) is 113 Å². The van der Waals surface area contributed by atoms with Gasteiger partial charge in [-0.2, -0.15) is 0 Å². The molecule has 0 aromatic carbocycles. The Labute approximate surface area is 509 Å². The van der Waals surface area contributed by atoms with Gasteiger partial charge in [-0.3, -0.25) is 4.79 Å². The van der Waals surface area contributed by atoms with Gasteiger partial charge in [0.15, 0.2) is 30.8 Å². The van der Waals surface area contributed by atoms with Gasteiger partial charge in [-0.05, 0) is 120 Å². The molecule has 9 fully saturated rings. The Kier molecular flexibility index (Phi) is 20.8. The molecule has 9 rings (SSSR count). The lowest BCUT2D eigenvalue weighted by Gasteiger charge is -2.69. The van der Waals surface area contributed by atoms with Crippen LogP contribution in [-0.4, -0.2) is 283 Å². The summed E-state index contributed by atoms with van der Waals surface area (Å²) in [5.74, 6) is -4.20. The van der Waals surface area contributed by atoms with Crippen LogP contribution in [0.15, 0.2) is 12.2 Å². The van der Waals surface area contributed by atoms with Crippen LogP contribution in [0.2, 0.25) is 0 Å². The van der Waals surface area contributed by atoms with E-state index < -0.39 is 230 Å². The average Bonchev–Trinajstić information content (AvgIpc) is 1.18. The molecule has 29 nitrogen and oxygen atoms in total. The SMILES string of the molecule is CC1OC(OCC2OC(OC3C(O)COC(OC4CCC5(C)C(CCC6(C)C5CCC5C(C(O)(CC=CC(C)(C)O)C(=O)OC7OC(CO)C(O)C(O)C7O)CCC56C)C4(C)C(=O)O)C3OC3OC(C)C(O)C(O)C3O)C(O)C(O)C2O)C(O)C(O)C1O. The second kappa shape index (κ2) is 26.1. The Bertz CT molecular complexity index is 2440. The molecule has 0 bridgehead atoms. The summed E-state index contributed by atoms with van der Waals surface area (Å²) < 4.78 is 59.6. The second-order valence-corrected chi connectivity index (χ2v) is 28.0. The van der Waals surface area contributed by atoms with Crippen molar-refractivity contribution in [1.82, 2.24) is 0 Å². The predicted molar refractivity (Wildman–Crippen MR) is 294 cm³/mol. The van der Waals surface area contributed by atoms with E-state index in [0.29, 0.717) is 44.9 Å². The summed E-state index contributed by atoms with van der Waals surface area (Å²) in [5.41, 5.74) is -7.14. The van der Waals surface area contributed by atoms with E-state index >= 15 is 0 Å². The molecule has 4 aliphatic carbocycles. The van der Waals surface area contributed by atoms with E-state index in [1.54, 1.807) is 6.92 Å². The van der Waals surface area contributed by atoms with Crippen molar-refractivity contribution in [1.29, 1.82) is 0 Å². The van der Waals surface area contributed by atoms with E-state index in [4.69, 9.17) is 47.4 Å². The molecule has 0 spiro atoms. The third kappa shape index (κ3) is 12.3. The van der Waals surface area contributed by atoms with E-state index in [2.05, 4.69) is 20.8 Å². The van der Waals surface area contributed by atoms with Crippen molar-refractivity contribution >= 4 is 11.9 Å². The normalized spacial score (nSPS) is 52.5. The lowest BCUT2D eigenvalue weighted by atomic mass is 9.35. The minimum Gasteiger partial charge on any atom is -0.481 e. The highest BCUT2D eigenvalue weighted by Crippen LogP contribution is 2.76. The maximum atomic E-state index is 14.6. The van der Waals surface area contributed by atoms with E-state index in [-0.39, 0.29) is 24.7 Å². The zero-order valence-electron chi connectivity index (χ0n) is 50.9. The molecule has 34 unspecified atom stereocenters. The Morgan fingerprint density at radius 2 is 1.10 bits per heavy atom. The number of aliphatic carboxylic acids is 1. The summed E-state index contributed by atoms with van der Waals surface area (Å²) in [7, 11) is 0. The minimum absolute atomic E-state index is 0.109. The van der Waals surface area contributed by atoms with Gasteiger partial charge in [0, 0.05) is 12.3 Å². The fourth-order valence-corrected chi connectivity index (χ4v) is 17.1. The Hall–Kier alpha value is -2.32. The zero-order valence-corrected chi connectivity index (χ0v) is 50.9. The van der Waals surface area contributed by atoms with E-state index in [9.17, 15) is 96.4 Å². The van der Waals surface area contributed by atoms with Crippen LogP contribution >= 0.6 is 0 Å². The van der Waals surface area contributed by atoms with Gasteiger partial charge < -0.3 is 134 Å². The third-order valence-corrected chi connectivity index (χ3v) is 22.4. The molecule has 34 atom stereocenters. The van der Waals surface area contributed by atoms with Gasteiger partial charge in [-0.15, -0.1) is 0 Å². The van der Waals surface area contributed by atoms with Crippen LogP contribution in [0.5, 0.6) is 0 Å². The first-order valence-electron chi connectivity index (χ1n) is 30.8. The maximum absolute atomic E-state index is 14.6. The van der Waals surface area contributed by atoms with E-state index in [1.165, 1.54) is 39.8 Å². The summed E-state index contributed by atoms with van der Waals surface area (Å²) in [6.07, 6.45) is -36.3. The molecule has 0 radical (unpaired) electrons. The van der Waals surface area contributed by atoms with Crippen LogP contribution < -0.4 is 0 Å². The number of hydrogen-bond acceptors (Lipinski definition) is 28. The second-order valence-electron chi connectivity index (χ2n) is 28.0. The molecule has 9 aliphatic rings. The number of esters is 1. The Balaban J connectivity index is 0.967. The first-order valence-corrected chi connectivity index (χ1v) is 30.8. The number of carboxylic acid groups (broad SMARTS) is 1. The van der Waals surface area contributed by atoms with Crippen molar-refractivity contribution in [2.45, 2.75) is 278 Å². The van der Waals surface area contributed by atoms with Gasteiger partial charge in [0.2, 0.25) is 6.29 Å². The quantitative estimate of drug-likeness (QED) is 0.0374. The molecule has 506 valence electrons. The molecular weight excluding hydrogens is 1170 g/mol. The molecule has 0 aromatic rings. The van der Waals surface area contributed by atoms with Crippen molar-refractivity contribution in [3.8, 4) is 0 Å². The highest BCUT2D eigenvalue weighted by Gasteiger charge is 2.73. The van der Waals surface area contributed by atoms with Crippen molar-refractivity contribution in [2.75, 3.05) is 19.8 Å². The van der Waals surface area contributed by atoms with Crippen LogP contribution in [0.25, 0.3) is 0 Å². The number of aliphatic hydroxyl groups excluding tert-OH is 14. The summed E-state index contributed by atoms with van der Waals surface area (Å²) in [6, 6.07) is 0. The molecule has 0 amide bonds. The monoisotopic (exact) mass is 1270 g/mol. The van der Waals surface area contributed by atoms with Crippen molar-refractivity contribution < 1.29 is 144 Å². The largest absolute Gasteiger partial charge is 0.481 e. The predicted octanol–water partition coefficient (Wildman–Crippen LogP) is -4.12. The lowest BCUT2D eigenvalue weighted by molar-refractivity contribution is -0.389. The topological polar surface area (TPSA) is 470 Å². The molecule has 0 aromatic heterocycles. The number of hydrogen-bond donors (Lipinski definition) is 17. The number of rotatable bonds is 17. The summed E-state index contributed by atoms with van der Waals surface area (Å²) in [6.45, 7) is 11.8. The van der Waals surface area contributed by atoms with E-state index in [0.717, 1.165) is 0 Å². The lowest BCUT2D eigenvalue weighted by Crippen LogP contribution is -2.68. The fraction of sp³-hybridized carbons (Fsp3) is 0.932. The molecule has 88 heavy (non-hydrogen) atoms. The molecule has 17 N–H and O–H groups in total. The minimum atomic E-state index is -2.29. The van der Waals surface area contributed by atoms with Gasteiger partial charge in [0.05, 0.1) is 49.1 Å². The number of aliphatic hydroxyl groups is 16. The van der Waals surface area contributed by atoms with Gasteiger partial charge in [0.25, 0.3) is 0 Å². The highest BCUT2D eigenvalue weighted by atomic mass is 16.8. The molecule has 5 aliphatic heterocycles. The Morgan fingerprint density at radius 1 is 0.568 bits per heavy atom. The van der Waals surface area contributed by atoms with Crippen molar-refractivity contribution in [2.24, 2.45) is 45.3 Å². The van der Waals surface area contributed by atoms with Crippen LogP contribution in [0.3, 0.4) is 0 Å². The number of fused-ring (bicyclic) bond motifs is 5. The third-order valence-electron chi connectivity index (χ3n) is 22.4. The van der Waals surface area contributed by atoms with Crippen molar-refractivity contribution in [3.05, 3.63) is 12.2 Å². The number of carboxylic acids is 1. The summed E-state index contributed by atoms with van der Waals surface area (Å²) in [5, 5.41) is 186. The highest BCUT2D eigenvalue weighted by molar-refractivity contribution is 5.80. The number of ether oxygens (including phenoxy) is 10. The first kappa shape index (κ1) is 70.0. The summed E-state index contributed by atoms with van der Waals surface area (Å²) >= 11 is 0. The van der Waals surface area contributed by atoms with Crippen LogP contribution in [-0.2, 0) is 57.0 Å². The van der Waals surface area contributed by atoms with Crippen LogP contribution in [0.4, 0.5) is 0 Å². The molecule has 5 heterocycles. The van der Waals surface area contributed by atoms with Crippen molar-refractivity contribution in [3.63, 3.8) is 0 Å². The smallest absolute Gasteiger partial charge is 0.341 e. The van der Waals surface area contributed by atoms with Gasteiger partial charge in [-0.1, -0.05) is 32.9 Å². The molecular formula is C59H96O29. The van der Waals surface area contributed by atoms with Gasteiger partial charge in [-0.25, -0.2) is 4.79 Å². The standard InChI is InChI=1S/C59H96O29/c1-23-33(62)37(66)41(70)47(81-23)80-22-29-36(65)40(69)43(72)49(84-29)86-45-27(61)21-79-51(46(45)87-48-42(71)38(67)34(63)24(2)82-48)85-32-14-17-55(5)30-11-10-25-26(12-18-56(25,6)57(30,7)19-13-31(55)58(32,8)52(74)75)59(78,16-9-15-54(3,4)77)53(76)88-50-44(73)39(68)35(64)28(20-60)83-50/h9,15,23-51,60-73,77-78H,10-14,16-22H2,1-8H3,(H,74,75).